The van der Waals surface area contributed by atoms with Gasteiger partial charge in [0.15, 0.2) is 0 Å². The number of hydrogen-bond donors (Lipinski definition) is 1. The van der Waals surface area contributed by atoms with E-state index in [-0.39, 0.29) is 12.0 Å². The SMILES string of the molecule is C[C@@H](CCc1cccn1C)Nc1nccc(C(F)(F)F)n1. The number of nitrogens with zero attached hydrogens (tertiary/aromatic N) is 3. The van der Waals surface area contributed by atoms with Crippen molar-refractivity contribution in [1.29, 1.82) is 0 Å². The molecule has 2 rings (SSSR count). The van der Waals surface area contributed by atoms with Crippen LogP contribution in [0.1, 0.15) is 24.7 Å². The average Bonchev–Trinajstić information content (AvgIpc) is 2.81. The Labute approximate surface area is 121 Å². The number of aromatic nitrogens is 3. The maximum absolute atomic E-state index is 12.6. The lowest BCUT2D eigenvalue weighted by molar-refractivity contribution is -0.141. The summed E-state index contributed by atoms with van der Waals surface area (Å²) >= 11 is 0. The summed E-state index contributed by atoms with van der Waals surface area (Å²) in [5.41, 5.74) is 0.239. The van der Waals surface area contributed by atoms with Crippen LogP contribution in [0.25, 0.3) is 0 Å². The second kappa shape index (κ2) is 6.15. The van der Waals surface area contributed by atoms with E-state index in [0.29, 0.717) is 0 Å². The molecule has 1 N–H and O–H groups in total. The maximum atomic E-state index is 12.6. The van der Waals surface area contributed by atoms with E-state index < -0.39 is 11.9 Å². The smallest absolute Gasteiger partial charge is 0.354 e. The van der Waals surface area contributed by atoms with Gasteiger partial charge in [-0.2, -0.15) is 13.2 Å². The van der Waals surface area contributed by atoms with Crippen molar-refractivity contribution in [3.8, 4) is 0 Å². The summed E-state index contributed by atoms with van der Waals surface area (Å²) in [6.45, 7) is 1.90. The van der Waals surface area contributed by atoms with Crippen LogP contribution in [-0.2, 0) is 19.6 Å². The van der Waals surface area contributed by atoms with E-state index >= 15 is 0 Å². The Balaban J connectivity index is 1.93. The van der Waals surface area contributed by atoms with E-state index in [1.807, 2.05) is 36.9 Å². The van der Waals surface area contributed by atoms with Crippen LogP contribution in [0, 0.1) is 0 Å². The lowest BCUT2D eigenvalue weighted by Crippen LogP contribution is -2.19. The summed E-state index contributed by atoms with van der Waals surface area (Å²) in [6.07, 6.45) is 0.227. The van der Waals surface area contributed by atoms with Crippen LogP contribution in [0.5, 0.6) is 0 Å². The Kier molecular flexibility index (Phi) is 4.50. The van der Waals surface area contributed by atoms with Gasteiger partial charge in [-0.05, 0) is 38.0 Å². The van der Waals surface area contributed by atoms with Gasteiger partial charge in [0.1, 0.15) is 5.69 Å². The molecule has 0 radical (unpaired) electrons. The van der Waals surface area contributed by atoms with Gasteiger partial charge in [0.05, 0.1) is 0 Å². The fourth-order valence-electron chi connectivity index (χ4n) is 2.00. The molecule has 0 bridgehead atoms. The standard InChI is InChI=1S/C14H17F3N4/c1-10(5-6-11-4-3-9-21(11)2)19-13-18-8-7-12(20-13)14(15,16)17/h3-4,7-10H,5-6H2,1-2H3,(H,18,19,20)/t10-/m0/s1. The molecule has 0 aliphatic carbocycles. The third kappa shape index (κ3) is 4.21. The van der Waals surface area contributed by atoms with Crippen LogP contribution in [0.3, 0.4) is 0 Å². The quantitative estimate of drug-likeness (QED) is 0.921. The zero-order chi connectivity index (χ0) is 15.5. The zero-order valence-corrected chi connectivity index (χ0v) is 11.9. The highest BCUT2D eigenvalue weighted by Gasteiger charge is 2.32. The second-order valence-electron chi connectivity index (χ2n) is 4.96. The molecule has 21 heavy (non-hydrogen) atoms. The van der Waals surface area contributed by atoms with Crippen molar-refractivity contribution in [2.75, 3.05) is 5.32 Å². The molecule has 2 aromatic rings. The van der Waals surface area contributed by atoms with Crippen molar-refractivity contribution in [1.82, 2.24) is 14.5 Å². The number of alkyl halides is 3. The monoisotopic (exact) mass is 298 g/mol. The van der Waals surface area contributed by atoms with Gasteiger partial charge in [-0.25, -0.2) is 9.97 Å². The van der Waals surface area contributed by atoms with Gasteiger partial charge < -0.3 is 9.88 Å². The normalized spacial score (nSPS) is 13.2. The molecule has 0 aliphatic heterocycles. The summed E-state index contributed by atoms with van der Waals surface area (Å²) in [5, 5.41) is 2.90. The number of anilines is 1. The summed E-state index contributed by atoms with van der Waals surface area (Å²) < 4.78 is 39.7. The van der Waals surface area contributed by atoms with E-state index in [1.165, 1.54) is 5.69 Å². The van der Waals surface area contributed by atoms with Crippen LogP contribution in [0.2, 0.25) is 0 Å². The molecule has 4 nitrogen and oxygen atoms in total. The van der Waals surface area contributed by atoms with E-state index in [1.54, 1.807) is 0 Å². The molecule has 0 fully saturated rings. The molecular formula is C14H17F3N4. The van der Waals surface area contributed by atoms with E-state index in [4.69, 9.17) is 0 Å². The topological polar surface area (TPSA) is 42.7 Å². The first-order valence-electron chi connectivity index (χ1n) is 6.63. The van der Waals surface area contributed by atoms with E-state index in [2.05, 4.69) is 15.3 Å². The summed E-state index contributed by atoms with van der Waals surface area (Å²) in [7, 11) is 1.96. The molecule has 2 aromatic heterocycles. The molecule has 0 amide bonds. The molecular weight excluding hydrogens is 281 g/mol. The molecule has 0 aromatic carbocycles. The fraction of sp³-hybridized carbons (Fsp3) is 0.429. The van der Waals surface area contributed by atoms with Gasteiger partial charge in [-0.3, -0.25) is 0 Å². The maximum Gasteiger partial charge on any atom is 0.433 e. The Morgan fingerprint density at radius 3 is 2.71 bits per heavy atom. The Hall–Kier alpha value is -2.05. The second-order valence-corrected chi connectivity index (χ2v) is 4.96. The summed E-state index contributed by atoms with van der Waals surface area (Å²) in [4.78, 5) is 7.32. The predicted octanol–water partition coefficient (Wildman–Crippen LogP) is 3.27. The molecule has 114 valence electrons. The van der Waals surface area contributed by atoms with Crippen LogP contribution in [0.4, 0.5) is 19.1 Å². The minimum atomic E-state index is -4.45. The lowest BCUT2D eigenvalue weighted by Gasteiger charge is -2.15. The van der Waals surface area contributed by atoms with Crippen LogP contribution >= 0.6 is 0 Å². The van der Waals surface area contributed by atoms with E-state index in [9.17, 15) is 13.2 Å². The zero-order valence-electron chi connectivity index (χ0n) is 11.9. The largest absolute Gasteiger partial charge is 0.433 e. The van der Waals surface area contributed by atoms with Crippen molar-refractivity contribution in [3.63, 3.8) is 0 Å². The first-order valence-corrected chi connectivity index (χ1v) is 6.63. The van der Waals surface area contributed by atoms with Crippen LogP contribution in [-0.4, -0.2) is 20.6 Å². The van der Waals surface area contributed by atoms with Crippen molar-refractivity contribution in [2.24, 2.45) is 7.05 Å². The molecule has 2 heterocycles. The molecule has 1 atom stereocenters. The molecule has 7 heteroatoms. The lowest BCUT2D eigenvalue weighted by atomic mass is 10.1. The number of aryl methyl sites for hydroxylation is 2. The van der Waals surface area contributed by atoms with Crippen molar-refractivity contribution < 1.29 is 13.2 Å². The van der Waals surface area contributed by atoms with Gasteiger partial charge in [-0.15, -0.1) is 0 Å². The third-order valence-corrected chi connectivity index (χ3v) is 3.21. The van der Waals surface area contributed by atoms with Gasteiger partial charge >= 0.3 is 6.18 Å². The van der Waals surface area contributed by atoms with Gasteiger partial charge in [0.2, 0.25) is 5.95 Å². The van der Waals surface area contributed by atoms with Crippen molar-refractivity contribution in [2.45, 2.75) is 32.0 Å². The molecule has 0 saturated carbocycles. The van der Waals surface area contributed by atoms with E-state index in [0.717, 1.165) is 25.1 Å². The van der Waals surface area contributed by atoms with Crippen molar-refractivity contribution in [3.05, 3.63) is 42.0 Å². The third-order valence-electron chi connectivity index (χ3n) is 3.21. The highest BCUT2D eigenvalue weighted by atomic mass is 19.4. The fourth-order valence-corrected chi connectivity index (χ4v) is 2.00. The number of nitrogens with one attached hydrogen (secondary N) is 1. The van der Waals surface area contributed by atoms with Crippen molar-refractivity contribution >= 4 is 5.95 Å². The first kappa shape index (κ1) is 15.3. The summed E-state index contributed by atoms with van der Waals surface area (Å²) in [5.74, 6) is 0.00389. The molecule has 0 unspecified atom stereocenters. The molecule has 0 spiro atoms. The van der Waals surface area contributed by atoms with Crippen LogP contribution in [0.15, 0.2) is 30.6 Å². The molecule has 0 aliphatic rings. The number of halogens is 3. The minimum absolute atomic E-state index is 0.00389. The van der Waals surface area contributed by atoms with Gasteiger partial charge in [0, 0.05) is 31.2 Å². The Bertz CT molecular complexity index is 592. The van der Waals surface area contributed by atoms with Gasteiger partial charge in [0.25, 0.3) is 0 Å². The average molecular weight is 298 g/mol. The Morgan fingerprint density at radius 2 is 2.10 bits per heavy atom. The minimum Gasteiger partial charge on any atom is -0.354 e. The molecule has 0 saturated heterocycles. The first-order chi connectivity index (χ1) is 9.86. The number of rotatable bonds is 5. The summed E-state index contributed by atoms with van der Waals surface area (Å²) in [6, 6.07) is 4.82. The highest BCUT2D eigenvalue weighted by molar-refractivity contribution is 5.27. The number of hydrogen-bond acceptors (Lipinski definition) is 3. The highest BCUT2D eigenvalue weighted by Crippen LogP contribution is 2.27. The predicted molar refractivity (Wildman–Crippen MR) is 73.9 cm³/mol. The van der Waals surface area contributed by atoms with Crippen LogP contribution < -0.4 is 5.32 Å². The van der Waals surface area contributed by atoms with Gasteiger partial charge in [-0.1, -0.05) is 0 Å². The Morgan fingerprint density at radius 1 is 1.33 bits per heavy atom.